The molecule has 1 aliphatic rings. The number of carboxylic acid groups (broad SMARTS) is 1. The van der Waals surface area contributed by atoms with Crippen molar-refractivity contribution in [1.82, 2.24) is 0 Å². The first-order valence-corrected chi connectivity index (χ1v) is 4.34. The second-order valence-corrected chi connectivity index (χ2v) is 3.41. The van der Waals surface area contributed by atoms with Crippen molar-refractivity contribution < 1.29 is 14.3 Å². The van der Waals surface area contributed by atoms with Crippen molar-refractivity contribution in [1.29, 1.82) is 0 Å². The van der Waals surface area contributed by atoms with Crippen molar-refractivity contribution >= 4 is 11.5 Å². The average molecular weight is 192 g/mol. The minimum atomic E-state index is -0.999. The first-order chi connectivity index (χ1) is 6.59. The van der Waals surface area contributed by atoms with E-state index in [0.717, 1.165) is 5.56 Å². The van der Waals surface area contributed by atoms with Crippen LogP contribution in [0.4, 0.5) is 4.39 Å². The number of halogens is 1. The topological polar surface area (TPSA) is 37.3 Å². The molecule has 2 rings (SSSR count). The fourth-order valence-electron chi connectivity index (χ4n) is 1.77. The van der Waals surface area contributed by atoms with Crippen LogP contribution in [-0.2, 0) is 4.79 Å². The van der Waals surface area contributed by atoms with Gasteiger partial charge in [-0.15, -0.1) is 0 Å². The molecule has 1 atom stereocenters. The van der Waals surface area contributed by atoms with Gasteiger partial charge in [0, 0.05) is 5.92 Å². The molecule has 2 nitrogen and oxygen atoms in total. The van der Waals surface area contributed by atoms with Gasteiger partial charge < -0.3 is 5.11 Å². The molecule has 14 heavy (non-hydrogen) atoms. The summed E-state index contributed by atoms with van der Waals surface area (Å²) in [6.45, 7) is 1.90. The fraction of sp³-hybridized carbons (Fsp3) is 0.182. The van der Waals surface area contributed by atoms with E-state index < -0.39 is 11.8 Å². The van der Waals surface area contributed by atoms with Crippen molar-refractivity contribution in [3.63, 3.8) is 0 Å². The average Bonchev–Trinajstić information content (AvgIpc) is 2.43. The van der Waals surface area contributed by atoms with Gasteiger partial charge in [-0.1, -0.05) is 19.1 Å². The van der Waals surface area contributed by atoms with Crippen molar-refractivity contribution in [3.05, 3.63) is 41.2 Å². The highest BCUT2D eigenvalue weighted by Crippen LogP contribution is 2.35. The number of allylic oxidation sites excluding steroid dienone is 1. The Hall–Kier alpha value is -1.64. The van der Waals surface area contributed by atoms with Crippen LogP contribution >= 0.6 is 0 Å². The Morgan fingerprint density at radius 1 is 1.50 bits per heavy atom. The van der Waals surface area contributed by atoms with Crippen LogP contribution in [0.2, 0.25) is 0 Å². The Bertz CT molecular complexity index is 435. The van der Waals surface area contributed by atoms with Gasteiger partial charge in [-0.25, -0.2) is 9.18 Å². The van der Waals surface area contributed by atoms with Gasteiger partial charge in [0.25, 0.3) is 0 Å². The number of carbonyl (C=O) groups is 1. The van der Waals surface area contributed by atoms with Crippen LogP contribution in [0, 0.1) is 5.82 Å². The van der Waals surface area contributed by atoms with Crippen LogP contribution in [0.5, 0.6) is 0 Å². The molecule has 1 aromatic carbocycles. The Balaban J connectivity index is 2.60. The summed E-state index contributed by atoms with van der Waals surface area (Å²) in [6, 6.07) is 4.27. The van der Waals surface area contributed by atoms with Crippen LogP contribution < -0.4 is 0 Å². The molecule has 0 aromatic heterocycles. The van der Waals surface area contributed by atoms with E-state index in [4.69, 9.17) is 5.11 Å². The number of carboxylic acids is 1. The molecule has 72 valence electrons. The zero-order chi connectivity index (χ0) is 10.3. The maximum absolute atomic E-state index is 12.9. The molecule has 1 aromatic rings. The number of rotatable bonds is 1. The second kappa shape index (κ2) is 2.94. The molecule has 0 fully saturated rings. The van der Waals surface area contributed by atoms with Crippen molar-refractivity contribution in [2.75, 3.05) is 0 Å². The van der Waals surface area contributed by atoms with E-state index >= 15 is 0 Å². The highest BCUT2D eigenvalue weighted by Gasteiger charge is 2.24. The van der Waals surface area contributed by atoms with Crippen LogP contribution in [0.1, 0.15) is 24.0 Å². The summed E-state index contributed by atoms with van der Waals surface area (Å²) in [5.74, 6) is -1.34. The third-order valence-corrected chi connectivity index (χ3v) is 2.44. The van der Waals surface area contributed by atoms with Gasteiger partial charge in [0.1, 0.15) is 5.82 Å². The summed E-state index contributed by atoms with van der Waals surface area (Å²) >= 11 is 0. The zero-order valence-corrected chi connectivity index (χ0v) is 7.62. The van der Waals surface area contributed by atoms with Gasteiger partial charge in [-0.2, -0.15) is 0 Å². The minimum absolute atomic E-state index is 0.0525. The molecule has 0 amide bonds. The number of benzene rings is 1. The third kappa shape index (κ3) is 1.21. The molecule has 1 aliphatic carbocycles. The van der Waals surface area contributed by atoms with Gasteiger partial charge in [0.2, 0.25) is 0 Å². The lowest BCUT2D eigenvalue weighted by Gasteiger charge is -2.04. The highest BCUT2D eigenvalue weighted by atomic mass is 19.1. The smallest absolute Gasteiger partial charge is 0.336 e. The normalized spacial score (nSPS) is 19.0. The largest absolute Gasteiger partial charge is 0.478 e. The molecule has 0 saturated heterocycles. The Labute approximate surface area is 80.7 Å². The van der Waals surface area contributed by atoms with Gasteiger partial charge in [0.15, 0.2) is 0 Å². The molecule has 0 aliphatic heterocycles. The van der Waals surface area contributed by atoms with Crippen molar-refractivity contribution in [2.45, 2.75) is 12.8 Å². The Morgan fingerprint density at radius 3 is 2.86 bits per heavy atom. The molecule has 0 radical (unpaired) electrons. The van der Waals surface area contributed by atoms with Gasteiger partial charge in [-0.3, -0.25) is 0 Å². The van der Waals surface area contributed by atoms with Crippen LogP contribution in [0.15, 0.2) is 24.3 Å². The summed E-state index contributed by atoms with van der Waals surface area (Å²) in [7, 11) is 0. The van der Waals surface area contributed by atoms with Gasteiger partial charge in [0.05, 0.1) is 5.57 Å². The number of aliphatic carboxylic acids is 1. The van der Waals surface area contributed by atoms with Crippen LogP contribution in [0.3, 0.4) is 0 Å². The molecular formula is C11H9FO2. The standard InChI is InChI=1S/C11H9FO2/c1-6-4-10(11(13)14)9-5-7(12)2-3-8(6)9/h2-6H,1H3,(H,13,14). The lowest BCUT2D eigenvalue weighted by Crippen LogP contribution is -1.98. The molecule has 1 N–H and O–H groups in total. The summed E-state index contributed by atoms with van der Waals surface area (Å²) in [5, 5.41) is 8.88. The molecular weight excluding hydrogens is 183 g/mol. The summed E-state index contributed by atoms with van der Waals surface area (Å²) < 4.78 is 12.9. The van der Waals surface area contributed by atoms with E-state index in [1.807, 2.05) is 6.92 Å². The Morgan fingerprint density at radius 2 is 2.21 bits per heavy atom. The first-order valence-electron chi connectivity index (χ1n) is 4.34. The number of fused-ring (bicyclic) bond motifs is 1. The van der Waals surface area contributed by atoms with E-state index in [-0.39, 0.29) is 11.5 Å². The maximum Gasteiger partial charge on any atom is 0.336 e. The SMILES string of the molecule is CC1C=C(C(=O)O)c2cc(F)ccc21. The molecule has 3 heteroatoms. The number of hydrogen-bond acceptors (Lipinski definition) is 1. The summed E-state index contributed by atoms with van der Waals surface area (Å²) in [4.78, 5) is 10.8. The predicted octanol–water partition coefficient (Wildman–Crippen LogP) is 2.41. The predicted molar refractivity (Wildman–Crippen MR) is 50.4 cm³/mol. The second-order valence-electron chi connectivity index (χ2n) is 3.41. The molecule has 0 spiro atoms. The van der Waals surface area contributed by atoms with E-state index in [1.165, 1.54) is 12.1 Å². The quantitative estimate of drug-likeness (QED) is 0.741. The van der Waals surface area contributed by atoms with Crippen molar-refractivity contribution in [2.24, 2.45) is 0 Å². The van der Waals surface area contributed by atoms with E-state index in [9.17, 15) is 9.18 Å². The zero-order valence-electron chi connectivity index (χ0n) is 7.62. The van der Waals surface area contributed by atoms with E-state index in [2.05, 4.69) is 0 Å². The highest BCUT2D eigenvalue weighted by molar-refractivity contribution is 6.17. The van der Waals surface area contributed by atoms with Gasteiger partial charge in [-0.05, 0) is 23.3 Å². The fourth-order valence-corrected chi connectivity index (χ4v) is 1.77. The minimum Gasteiger partial charge on any atom is -0.478 e. The maximum atomic E-state index is 12.9. The van der Waals surface area contributed by atoms with E-state index in [0.29, 0.717) is 5.56 Å². The van der Waals surface area contributed by atoms with E-state index in [1.54, 1.807) is 12.1 Å². The third-order valence-electron chi connectivity index (χ3n) is 2.44. The van der Waals surface area contributed by atoms with Crippen molar-refractivity contribution in [3.8, 4) is 0 Å². The summed E-state index contributed by atoms with van der Waals surface area (Å²) in [6.07, 6.45) is 1.65. The number of hydrogen-bond donors (Lipinski definition) is 1. The lowest BCUT2D eigenvalue weighted by atomic mass is 10.0. The molecule has 0 saturated carbocycles. The molecule has 0 heterocycles. The van der Waals surface area contributed by atoms with Crippen LogP contribution in [-0.4, -0.2) is 11.1 Å². The van der Waals surface area contributed by atoms with Crippen LogP contribution in [0.25, 0.3) is 5.57 Å². The first kappa shape index (κ1) is 8.94. The summed E-state index contributed by atoms with van der Waals surface area (Å²) in [5.41, 5.74) is 1.58. The molecule has 1 unspecified atom stereocenters. The lowest BCUT2D eigenvalue weighted by molar-refractivity contribution is -0.130. The Kier molecular flexibility index (Phi) is 1.88. The monoisotopic (exact) mass is 192 g/mol. The van der Waals surface area contributed by atoms with Gasteiger partial charge >= 0.3 is 5.97 Å². The molecule has 0 bridgehead atoms.